The molecular formula is C12H16N2O4. The normalized spacial score (nSPS) is 26.5. The number of nitro groups is 1. The van der Waals surface area contributed by atoms with E-state index in [1.54, 1.807) is 19.2 Å². The zero-order valence-corrected chi connectivity index (χ0v) is 10.3. The predicted octanol–water partition coefficient (Wildman–Crippen LogP) is 1.40. The van der Waals surface area contributed by atoms with Crippen molar-refractivity contribution in [1.82, 2.24) is 0 Å². The highest BCUT2D eigenvalue weighted by molar-refractivity contribution is 5.48. The topological polar surface area (TPSA) is 87.6 Å². The van der Waals surface area contributed by atoms with Gasteiger partial charge in [-0.2, -0.15) is 0 Å². The van der Waals surface area contributed by atoms with Gasteiger partial charge in [-0.3, -0.25) is 10.1 Å². The Morgan fingerprint density at radius 1 is 1.50 bits per heavy atom. The van der Waals surface area contributed by atoms with E-state index in [1.807, 2.05) is 6.92 Å². The molecule has 2 rings (SSSR count). The summed E-state index contributed by atoms with van der Waals surface area (Å²) < 4.78 is 10.8. The van der Waals surface area contributed by atoms with Crippen LogP contribution >= 0.6 is 0 Å². The van der Waals surface area contributed by atoms with E-state index >= 15 is 0 Å². The van der Waals surface area contributed by atoms with Gasteiger partial charge in [0.25, 0.3) is 0 Å². The molecule has 1 aromatic carbocycles. The first-order valence-corrected chi connectivity index (χ1v) is 5.73. The maximum Gasteiger partial charge on any atom is 0.310 e. The summed E-state index contributed by atoms with van der Waals surface area (Å²) in [4.78, 5) is 10.5. The van der Waals surface area contributed by atoms with E-state index in [2.05, 4.69) is 0 Å². The molecule has 0 bridgehead atoms. The highest BCUT2D eigenvalue weighted by atomic mass is 16.6. The van der Waals surface area contributed by atoms with Crippen LogP contribution in [-0.4, -0.2) is 30.3 Å². The molecule has 6 nitrogen and oxygen atoms in total. The van der Waals surface area contributed by atoms with Crippen molar-refractivity contribution >= 4 is 5.69 Å². The second-order valence-electron chi connectivity index (χ2n) is 4.48. The fourth-order valence-electron chi connectivity index (χ4n) is 2.09. The molecule has 1 aliphatic rings. The fraction of sp³-hybridized carbons (Fsp3) is 0.500. The van der Waals surface area contributed by atoms with Gasteiger partial charge in [0.1, 0.15) is 12.2 Å². The Morgan fingerprint density at radius 3 is 2.78 bits per heavy atom. The molecule has 0 radical (unpaired) electrons. The van der Waals surface area contributed by atoms with Crippen molar-refractivity contribution in [2.24, 2.45) is 5.73 Å². The minimum atomic E-state index is -0.449. The molecule has 1 saturated carbocycles. The van der Waals surface area contributed by atoms with Crippen LogP contribution in [0.2, 0.25) is 0 Å². The summed E-state index contributed by atoms with van der Waals surface area (Å²) in [5.41, 5.74) is 6.64. The number of aryl methyl sites for hydroxylation is 1. The van der Waals surface area contributed by atoms with E-state index < -0.39 is 4.92 Å². The molecular weight excluding hydrogens is 236 g/mol. The molecule has 6 heteroatoms. The average Bonchev–Trinajstić information content (AvgIpc) is 2.28. The van der Waals surface area contributed by atoms with Gasteiger partial charge in [0.05, 0.1) is 4.92 Å². The van der Waals surface area contributed by atoms with Crippen molar-refractivity contribution in [1.29, 1.82) is 0 Å². The number of hydrogen-bond donors (Lipinski definition) is 1. The van der Waals surface area contributed by atoms with Crippen LogP contribution in [-0.2, 0) is 4.74 Å². The molecule has 98 valence electrons. The number of nitrogens with zero attached hydrogens (tertiary/aromatic N) is 1. The van der Waals surface area contributed by atoms with E-state index in [-0.39, 0.29) is 29.7 Å². The predicted molar refractivity (Wildman–Crippen MR) is 65.6 cm³/mol. The molecule has 0 heterocycles. The van der Waals surface area contributed by atoms with Crippen molar-refractivity contribution in [2.75, 3.05) is 7.11 Å². The Labute approximate surface area is 105 Å². The van der Waals surface area contributed by atoms with E-state index in [9.17, 15) is 10.1 Å². The number of ether oxygens (including phenoxy) is 2. The van der Waals surface area contributed by atoms with Crippen LogP contribution in [0.25, 0.3) is 0 Å². The van der Waals surface area contributed by atoms with Crippen LogP contribution in [0.15, 0.2) is 18.2 Å². The largest absolute Gasteiger partial charge is 0.481 e. The summed E-state index contributed by atoms with van der Waals surface area (Å²) in [6.45, 7) is 1.86. The third-order valence-corrected chi connectivity index (χ3v) is 3.16. The van der Waals surface area contributed by atoms with Crippen molar-refractivity contribution in [2.45, 2.75) is 31.6 Å². The number of hydrogen-bond acceptors (Lipinski definition) is 5. The van der Waals surface area contributed by atoms with E-state index in [1.165, 1.54) is 6.07 Å². The Kier molecular flexibility index (Phi) is 3.49. The van der Waals surface area contributed by atoms with Crippen LogP contribution in [0, 0.1) is 17.0 Å². The number of nitro benzene ring substituents is 1. The van der Waals surface area contributed by atoms with Gasteiger partial charge in [0.2, 0.25) is 0 Å². The standard InChI is InChI=1S/C12H16N2O4/c1-7-3-4-9(14(15)16)10(5-7)18-11-6-8(13)12(11)17-2/h3-5,8,11-12H,6,13H2,1-2H3. The number of rotatable bonds is 4. The minimum Gasteiger partial charge on any atom is -0.481 e. The third kappa shape index (κ3) is 2.30. The first-order valence-electron chi connectivity index (χ1n) is 5.73. The van der Waals surface area contributed by atoms with Crippen LogP contribution in [0.4, 0.5) is 5.69 Å². The zero-order valence-electron chi connectivity index (χ0n) is 10.3. The van der Waals surface area contributed by atoms with Crippen LogP contribution in [0.1, 0.15) is 12.0 Å². The lowest BCUT2D eigenvalue weighted by Gasteiger charge is -2.40. The summed E-state index contributed by atoms with van der Waals surface area (Å²) in [6, 6.07) is 4.73. The average molecular weight is 252 g/mol. The molecule has 0 saturated heterocycles. The van der Waals surface area contributed by atoms with Crippen LogP contribution in [0.5, 0.6) is 5.75 Å². The quantitative estimate of drug-likeness (QED) is 0.646. The lowest BCUT2D eigenvalue weighted by molar-refractivity contribution is -0.386. The third-order valence-electron chi connectivity index (χ3n) is 3.16. The highest BCUT2D eigenvalue weighted by Gasteiger charge is 2.41. The summed E-state index contributed by atoms with van der Waals surface area (Å²) in [6.07, 6.45) is 0.222. The minimum absolute atomic E-state index is 0.0316. The molecule has 1 fully saturated rings. The molecule has 0 amide bonds. The Hall–Kier alpha value is -1.66. The molecule has 2 N–H and O–H groups in total. The van der Waals surface area contributed by atoms with E-state index in [0.717, 1.165) is 5.56 Å². The second-order valence-corrected chi connectivity index (χ2v) is 4.48. The molecule has 0 aliphatic heterocycles. The fourth-order valence-corrected chi connectivity index (χ4v) is 2.09. The molecule has 18 heavy (non-hydrogen) atoms. The van der Waals surface area contributed by atoms with Crippen molar-refractivity contribution < 1.29 is 14.4 Å². The Bertz CT molecular complexity index is 463. The number of benzene rings is 1. The lowest BCUT2D eigenvalue weighted by atomic mass is 9.86. The number of nitrogens with two attached hydrogens (primary N) is 1. The van der Waals surface area contributed by atoms with Gasteiger partial charge in [0.15, 0.2) is 5.75 Å². The van der Waals surface area contributed by atoms with Gasteiger partial charge >= 0.3 is 5.69 Å². The summed E-state index contributed by atoms with van der Waals surface area (Å²) in [5.74, 6) is 0.277. The first kappa shape index (κ1) is 12.8. The van der Waals surface area contributed by atoms with Crippen molar-refractivity contribution in [3.63, 3.8) is 0 Å². The molecule has 1 aliphatic carbocycles. The zero-order chi connectivity index (χ0) is 13.3. The van der Waals surface area contributed by atoms with Gasteiger partial charge in [-0.1, -0.05) is 6.07 Å². The summed E-state index contributed by atoms with van der Waals surface area (Å²) in [7, 11) is 1.56. The second kappa shape index (κ2) is 4.91. The summed E-state index contributed by atoms with van der Waals surface area (Å²) >= 11 is 0. The van der Waals surface area contributed by atoms with Crippen molar-refractivity contribution in [3.05, 3.63) is 33.9 Å². The van der Waals surface area contributed by atoms with Crippen molar-refractivity contribution in [3.8, 4) is 5.75 Å². The SMILES string of the molecule is COC1C(N)CC1Oc1cc(C)ccc1[N+](=O)[O-]. The molecule has 3 atom stereocenters. The monoisotopic (exact) mass is 252 g/mol. The van der Waals surface area contributed by atoms with Gasteiger partial charge < -0.3 is 15.2 Å². The highest BCUT2D eigenvalue weighted by Crippen LogP contribution is 2.33. The van der Waals surface area contributed by atoms with Crippen LogP contribution in [0.3, 0.4) is 0 Å². The maximum absolute atomic E-state index is 10.9. The van der Waals surface area contributed by atoms with Crippen LogP contribution < -0.4 is 10.5 Å². The lowest BCUT2D eigenvalue weighted by Crippen LogP contribution is -2.59. The van der Waals surface area contributed by atoms with Gasteiger partial charge in [0, 0.05) is 25.6 Å². The van der Waals surface area contributed by atoms with E-state index in [4.69, 9.17) is 15.2 Å². The molecule has 1 aromatic rings. The van der Waals surface area contributed by atoms with Gasteiger partial charge in [-0.25, -0.2) is 0 Å². The molecule has 0 aromatic heterocycles. The molecule has 3 unspecified atom stereocenters. The molecule has 0 spiro atoms. The Balaban J connectivity index is 2.18. The smallest absolute Gasteiger partial charge is 0.310 e. The van der Waals surface area contributed by atoms with Gasteiger partial charge in [-0.05, 0) is 18.6 Å². The van der Waals surface area contributed by atoms with Gasteiger partial charge in [-0.15, -0.1) is 0 Å². The Morgan fingerprint density at radius 2 is 2.22 bits per heavy atom. The first-order chi connectivity index (χ1) is 8.52. The summed E-state index contributed by atoms with van der Waals surface area (Å²) in [5, 5.41) is 10.9. The number of methoxy groups -OCH3 is 1. The maximum atomic E-state index is 10.9. The van der Waals surface area contributed by atoms with E-state index in [0.29, 0.717) is 6.42 Å².